The number of ether oxygens (including phenoxy) is 2. The fraction of sp³-hybridized carbons (Fsp3) is 0.185. The molecule has 1 aliphatic heterocycles. The molecule has 0 bridgehead atoms. The molecule has 3 aromatic rings. The zero-order valence-electron chi connectivity index (χ0n) is 18.9. The molecule has 1 fully saturated rings. The lowest BCUT2D eigenvalue weighted by Gasteiger charge is -2.14. The zero-order valence-corrected chi connectivity index (χ0v) is 20.5. The van der Waals surface area contributed by atoms with Crippen molar-refractivity contribution in [2.24, 2.45) is 0 Å². The Hall–Kier alpha value is -3.22. The number of hydrogen-bond acceptors (Lipinski definition) is 5. The zero-order chi connectivity index (χ0) is 24.1. The van der Waals surface area contributed by atoms with E-state index in [0.717, 1.165) is 39.8 Å². The lowest BCUT2D eigenvalue weighted by atomic mass is 10.1. The highest BCUT2D eigenvalue weighted by Gasteiger charge is 2.34. The molecule has 0 radical (unpaired) electrons. The van der Waals surface area contributed by atoms with Crippen LogP contribution < -0.4 is 9.47 Å². The summed E-state index contributed by atoms with van der Waals surface area (Å²) in [5, 5.41) is 0.398. The number of carbonyl (C=O) groups excluding carboxylic acids is 2. The molecule has 0 spiro atoms. The van der Waals surface area contributed by atoms with Crippen LogP contribution in [-0.2, 0) is 11.4 Å². The average molecular weight is 494 g/mol. The van der Waals surface area contributed by atoms with Gasteiger partial charge >= 0.3 is 0 Å². The van der Waals surface area contributed by atoms with Crippen molar-refractivity contribution in [3.63, 3.8) is 0 Å². The van der Waals surface area contributed by atoms with Gasteiger partial charge in [-0.15, -0.1) is 0 Å². The number of nitrogens with zero attached hydrogens (tertiary/aromatic N) is 1. The molecular formula is C27H24ClNO4S. The summed E-state index contributed by atoms with van der Waals surface area (Å²) in [5.74, 6) is 1.17. The van der Waals surface area contributed by atoms with Gasteiger partial charge < -0.3 is 9.47 Å². The molecule has 0 N–H and O–H groups in total. The smallest absolute Gasteiger partial charge is 0.293 e. The first kappa shape index (κ1) is 23.9. The number of thioether (sulfide) groups is 1. The van der Waals surface area contributed by atoms with Crippen molar-refractivity contribution < 1.29 is 19.1 Å². The van der Waals surface area contributed by atoms with E-state index in [4.69, 9.17) is 21.1 Å². The summed E-state index contributed by atoms with van der Waals surface area (Å²) >= 11 is 6.85. The largest absolute Gasteiger partial charge is 0.491 e. The monoisotopic (exact) mass is 493 g/mol. The Morgan fingerprint density at radius 2 is 1.68 bits per heavy atom. The van der Waals surface area contributed by atoms with Crippen molar-refractivity contribution in [2.75, 3.05) is 13.2 Å². The Bertz CT molecular complexity index is 1220. The molecule has 4 rings (SSSR count). The fourth-order valence-electron chi connectivity index (χ4n) is 3.36. The summed E-state index contributed by atoms with van der Waals surface area (Å²) < 4.78 is 11.6. The molecule has 2 amide bonds. The van der Waals surface area contributed by atoms with Crippen molar-refractivity contribution >= 4 is 40.6 Å². The minimum atomic E-state index is -0.303. The predicted molar refractivity (Wildman–Crippen MR) is 136 cm³/mol. The molecule has 3 aromatic carbocycles. The number of hydrogen-bond donors (Lipinski definition) is 0. The molecule has 0 aliphatic carbocycles. The van der Waals surface area contributed by atoms with Crippen LogP contribution in [0.15, 0.2) is 71.6 Å². The Morgan fingerprint density at radius 3 is 2.41 bits per heavy atom. The molecule has 0 aromatic heterocycles. The summed E-state index contributed by atoms with van der Waals surface area (Å²) in [6, 6.07) is 20.8. The van der Waals surface area contributed by atoms with E-state index in [2.05, 4.69) is 0 Å². The summed E-state index contributed by atoms with van der Waals surface area (Å²) in [4.78, 5) is 26.8. The summed E-state index contributed by atoms with van der Waals surface area (Å²) in [7, 11) is 0. The van der Waals surface area contributed by atoms with Crippen molar-refractivity contribution in [1.82, 2.24) is 4.90 Å². The van der Waals surface area contributed by atoms with Gasteiger partial charge in [0, 0.05) is 5.02 Å². The number of aryl methyl sites for hydroxylation is 2. The van der Waals surface area contributed by atoms with Crippen LogP contribution in [0.25, 0.3) is 6.08 Å². The topological polar surface area (TPSA) is 55.8 Å². The molecular weight excluding hydrogens is 470 g/mol. The second-order valence-corrected chi connectivity index (χ2v) is 9.36. The molecule has 0 unspecified atom stereocenters. The van der Waals surface area contributed by atoms with Gasteiger partial charge in [-0.3, -0.25) is 14.5 Å². The van der Waals surface area contributed by atoms with E-state index in [9.17, 15) is 9.59 Å². The number of amides is 2. The third kappa shape index (κ3) is 6.01. The van der Waals surface area contributed by atoms with Crippen LogP contribution in [-0.4, -0.2) is 29.2 Å². The third-order valence-corrected chi connectivity index (χ3v) is 6.45. The van der Waals surface area contributed by atoms with Gasteiger partial charge in [0.1, 0.15) is 24.7 Å². The molecule has 0 saturated carbocycles. The van der Waals surface area contributed by atoms with Gasteiger partial charge in [0.2, 0.25) is 0 Å². The Labute approximate surface area is 208 Å². The average Bonchev–Trinajstić information content (AvgIpc) is 3.09. The molecule has 7 heteroatoms. The number of halogens is 1. The molecule has 5 nitrogen and oxygen atoms in total. The summed E-state index contributed by atoms with van der Waals surface area (Å²) in [5.41, 5.74) is 3.94. The van der Waals surface area contributed by atoms with Crippen LogP contribution in [0.1, 0.15) is 22.3 Å². The SMILES string of the molecule is Cc1ccc(C)c(OCCN2C(=O)S/C(=C\c3ccc(OCc4ccc(Cl)cc4)cc3)C2=O)c1. The van der Waals surface area contributed by atoms with Crippen molar-refractivity contribution in [3.8, 4) is 11.5 Å². The maximum atomic E-state index is 12.8. The number of benzene rings is 3. The highest BCUT2D eigenvalue weighted by Crippen LogP contribution is 2.32. The van der Waals surface area contributed by atoms with Crippen molar-refractivity contribution in [2.45, 2.75) is 20.5 Å². The minimum absolute atomic E-state index is 0.201. The summed E-state index contributed by atoms with van der Waals surface area (Å²) in [6.45, 7) is 4.83. The van der Waals surface area contributed by atoms with E-state index in [1.54, 1.807) is 6.08 Å². The maximum Gasteiger partial charge on any atom is 0.293 e. The molecule has 0 atom stereocenters. The summed E-state index contributed by atoms with van der Waals surface area (Å²) in [6.07, 6.45) is 1.72. The third-order valence-electron chi connectivity index (χ3n) is 5.29. The molecule has 1 saturated heterocycles. The fourth-order valence-corrected chi connectivity index (χ4v) is 4.35. The first-order valence-corrected chi connectivity index (χ1v) is 12.0. The van der Waals surface area contributed by atoms with Crippen LogP contribution in [0.5, 0.6) is 11.5 Å². The van der Waals surface area contributed by atoms with Crippen LogP contribution in [0.3, 0.4) is 0 Å². The second-order valence-electron chi connectivity index (χ2n) is 7.93. The Kier molecular flexibility index (Phi) is 7.60. The van der Waals surface area contributed by atoms with Crippen LogP contribution in [0, 0.1) is 13.8 Å². The highest BCUT2D eigenvalue weighted by atomic mass is 35.5. The lowest BCUT2D eigenvalue weighted by Crippen LogP contribution is -2.32. The first-order valence-electron chi connectivity index (χ1n) is 10.8. The van der Waals surface area contributed by atoms with Gasteiger partial charge in [-0.2, -0.15) is 0 Å². The first-order chi connectivity index (χ1) is 16.4. The second kappa shape index (κ2) is 10.8. The quantitative estimate of drug-likeness (QED) is 0.329. The van der Waals surface area contributed by atoms with Gasteiger partial charge in [-0.1, -0.05) is 48.0 Å². The van der Waals surface area contributed by atoms with E-state index in [1.165, 1.54) is 4.90 Å². The van der Waals surface area contributed by atoms with Crippen LogP contribution in [0.4, 0.5) is 4.79 Å². The van der Waals surface area contributed by atoms with E-state index in [1.807, 2.05) is 80.6 Å². The van der Waals surface area contributed by atoms with Gasteiger partial charge in [-0.25, -0.2) is 0 Å². The normalized spacial score (nSPS) is 14.7. The van der Waals surface area contributed by atoms with E-state index >= 15 is 0 Å². The van der Waals surface area contributed by atoms with Gasteiger partial charge in [-0.05, 0) is 84.3 Å². The van der Waals surface area contributed by atoms with Gasteiger partial charge in [0.05, 0.1) is 11.4 Å². The van der Waals surface area contributed by atoms with Gasteiger partial charge in [0.25, 0.3) is 11.1 Å². The van der Waals surface area contributed by atoms with Crippen molar-refractivity contribution in [1.29, 1.82) is 0 Å². The minimum Gasteiger partial charge on any atom is -0.491 e. The lowest BCUT2D eigenvalue weighted by molar-refractivity contribution is -0.123. The Morgan fingerprint density at radius 1 is 0.941 bits per heavy atom. The Balaban J connectivity index is 1.33. The van der Waals surface area contributed by atoms with Crippen LogP contribution >= 0.6 is 23.4 Å². The number of imide groups is 1. The van der Waals surface area contributed by atoms with E-state index < -0.39 is 0 Å². The molecule has 174 valence electrons. The number of rotatable bonds is 8. The standard InChI is InChI=1S/C27H24ClNO4S/c1-18-3-4-19(2)24(15-18)32-14-13-29-26(30)25(34-27(29)31)16-20-7-11-23(12-8-20)33-17-21-5-9-22(28)10-6-21/h3-12,15-16H,13-14,17H2,1-2H3/b25-16-. The predicted octanol–water partition coefficient (Wildman–Crippen LogP) is 6.65. The van der Waals surface area contributed by atoms with E-state index in [0.29, 0.717) is 22.3 Å². The molecule has 34 heavy (non-hydrogen) atoms. The van der Waals surface area contributed by atoms with Gasteiger partial charge in [0.15, 0.2) is 0 Å². The van der Waals surface area contributed by atoms with Crippen LogP contribution in [0.2, 0.25) is 5.02 Å². The van der Waals surface area contributed by atoms with Crippen molar-refractivity contribution in [3.05, 3.63) is 98.9 Å². The molecule has 1 heterocycles. The molecule has 1 aliphatic rings. The number of carbonyl (C=O) groups is 2. The maximum absolute atomic E-state index is 12.8. The highest BCUT2D eigenvalue weighted by molar-refractivity contribution is 8.18. The van der Waals surface area contributed by atoms with E-state index in [-0.39, 0.29) is 24.3 Å².